The van der Waals surface area contributed by atoms with Crippen LogP contribution in [0.15, 0.2) is 41.9 Å². The van der Waals surface area contributed by atoms with Gasteiger partial charge in [-0.15, -0.1) is 11.3 Å². The third-order valence-electron chi connectivity index (χ3n) is 3.10. The van der Waals surface area contributed by atoms with Crippen LogP contribution in [-0.2, 0) is 4.79 Å². The predicted molar refractivity (Wildman–Crippen MR) is 90.7 cm³/mol. The van der Waals surface area contributed by atoms with Crippen LogP contribution in [0.2, 0.25) is 5.15 Å². The maximum absolute atomic E-state index is 12.0. The van der Waals surface area contributed by atoms with Crippen molar-refractivity contribution in [3.05, 3.63) is 58.3 Å². The lowest BCUT2D eigenvalue weighted by Crippen LogP contribution is -2.16. The van der Waals surface area contributed by atoms with Gasteiger partial charge in [0.05, 0.1) is 16.9 Å². The summed E-state index contributed by atoms with van der Waals surface area (Å²) in [5, 5.41) is 4.81. The third-order valence-corrected chi connectivity index (χ3v) is 4.13. The Morgan fingerprint density at radius 3 is 2.91 bits per heavy atom. The standard InChI is InChI=1S/C15H11ClN4O2S/c16-13-11(20-7-8-23-15(20)19-13)5-6-12(21)18-10-4-2-1-3-9(10)14(17)22/h1-8H,(H2,17,22)(H,18,21)/b6-5+. The molecule has 0 fully saturated rings. The Morgan fingerprint density at radius 2 is 2.13 bits per heavy atom. The molecule has 23 heavy (non-hydrogen) atoms. The maximum atomic E-state index is 12.0. The van der Waals surface area contributed by atoms with Crippen molar-refractivity contribution in [2.45, 2.75) is 0 Å². The van der Waals surface area contributed by atoms with E-state index in [9.17, 15) is 9.59 Å². The first-order valence-electron chi connectivity index (χ1n) is 6.55. The van der Waals surface area contributed by atoms with Crippen LogP contribution in [0.1, 0.15) is 16.1 Å². The summed E-state index contributed by atoms with van der Waals surface area (Å²) in [4.78, 5) is 28.3. The van der Waals surface area contributed by atoms with E-state index in [1.807, 2.05) is 11.6 Å². The molecule has 3 rings (SSSR count). The van der Waals surface area contributed by atoms with Crippen LogP contribution >= 0.6 is 22.9 Å². The molecule has 3 aromatic rings. The SMILES string of the molecule is NC(=O)c1ccccc1NC(=O)/C=C/c1c(Cl)nc2sccn12. The van der Waals surface area contributed by atoms with Crippen molar-refractivity contribution >= 4 is 51.5 Å². The van der Waals surface area contributed by atoms with Crippen LogP contribution in [0, 0.1) is 0 Å². The first-order valence-corrected chi connectivity index (χ1v) is 7.81. The monoisotopic (exact) mass is 346 g/mol. The minimum absolute atomic E-state index is 0.247. The zero-order chi connectivity index (χ0) is 16.4. The minimum atomic E-state index is -0.608. The van der Waals surface area contributed by atoms with E-state index in [1.54, 1.807) is 34.7 Å². The molecule has 0 unspecified atom stereocenters. The summed E-state index contributed by atoms with van der Waals surface area (Å²) in [6, 6.07) is 6.53. The van der Waals surface area contributed by atoms with Gasteiger partial charge in [-0.3, -0.25) is 14.0 Å². The Kier molecular flexibility index (Phi) is 4.14. The number of nitrogens with zero attached hydrogens (tertiary/aromatic N) is 2. The number of anilines is 1. The lowest BCUT2D eigenvalue weighted by Gasteiger charge is -2.06. The number of hydrogen-bond acceptors (Lipinski definition) is 4. The van der Waals surface area contributed by atoms with E-state index in [0.717, 1.165) is 4.96 Å². The number of benzene rings is 1. The third kappa shape index (κ3) is 3.10. The van der Waals surface area contributed by atoms with E-state index in [-0.39, 0.29) is 5.56 Å². The van der Waals surface area contributed by atoms with Crippen LogP contribution in [0.4, 0.5) is 5.69 Å². The normalized spacial score (nSPS) is 11.2. The van der Waals surface area contributed by atoms with Gasteiger partial charge in [0, 0.05) is 17.7 Å². The van der Waals surface area contributed by atoms with Crippen LogP contribution < -0.4 is 11.1 Å². The zero-order valence-electron chi connectivity index (χ0n) is 11.7. The fourth-order valence-corrected chi connectivity index (χ4v) is 3.07. The van der Waals surface area contributed by atoms with Gasteiger partial charge in [0.25, 0.3) is 5.91 Å². The highest BCUT2D eigenvalue weighted by molar-refractivity contribution is 7.15. The molecular formula is C15H11ClN4O2S. The summed E-state index contributed by atoms with van der Waals surface area (Å²) in [5.74, 6) is -1.01. The van der Waals surface area contributed by atoms with Crippen molar-refractivity contribution in [2.24, 2.45) is 5.73 Å². The molecule has 3 N–H and O–H groups in total. The molecule has 2 heterocycles. The summed E-state index contributed by atoms with van der Waals surface area (Å²) in [6.45, 7) is 0. The molecule has 0 aliphatic carbocycles. The van der Waals surface area contributed by atoms with E-state index in [4.69, 9.17) is 17.3 Å². The van der Waals surface area contributed by atoms with Crippen molar-refractivity contribution in [1.82, 2.24) is 9.38 Å². The van der Waals surface area contributed by atoms with Gasteiger partial charge < -0.3 is 11.1 Å². The number of fused-ring (bicyclic) bond motifs is 1. The van der Waals surface area contributed by atoms with Crippen LogP contribution in [0.25, 0.3) is 11.0 Å². The topological polar surface area (TPSA) is 89.5 Å². The number of nitrogens with two attached hydrogens (primary N) is 1. The fourth-order valence-electron chi connectivity index (χ4n) is 2.06. The number of carbonyl (C=O) groups is 2. The van der Waals surface area contributed by atoms with E-state index in [0.29, 0.717) is 16.5 Å². The van der Waals surface area contributed by atoms with Crippen molar-refractivity contribution in [3.8, 4) is 0 Å². The van der Waals surface area contributed by atoms with Crippen molar-refractivity contribution < 1.29 is 9.59 Å². The van der Waals surface area contributed by atoms with E-state index in [1.165, 1.54) is 17.4 Å². The minimum Gasteiger partial charge on any atom is -0.366 e. The number of para-hydroxylation sites is 1. The number of amides is 2. The highest BCUT2D eigenvalue weighted by atomic mass is 35.5. The smallest absolute Gasteiger partial charge is 0.250 e. The molecule has 2 aromatic heterocycles. The second-order valence-corrected chi connectivity index (χ2v) is 5.81. The van der Waals surface area contributed by atoms with Crippen LogP contribution in [0.3, 0.4) is 0 Å². The number of imidazole rings is 1. The summed E-state index contributed by atoms with van der Waals surface area (Å²) < 4.78 is 1.79. The number of carbonyl (C=O) groups excluding carboxylic acids is 2. The summed E-state index contributed by atoms with van der Waals surface area (Å²) in [7, 11) is 0. The first kappa shape index (κ1) is 15.3. The molecule has 116 valence electrons. The summed E-state index contributed by atoms with van der Waals surface area (Å²) in [6.07, 6.45) is 4.71. The Labute approximate surface area is 140 Å². The Balaban J connectivity index is 1.81. The largest absolute Gasteiger partial charge is 0.366 e. The number of thiazole rings is 1. The first-order chi connectivity index (χ1) is 11.1. The second-order valence-electron chi connectivity index (χ2n) is 4.58. The molecule has 0 saturated carbocycles. The zero-order valence-corrected chi connectivity index (χ0v) is 13.3. The molecule has 8 heteroatoms. The molecule has 0 bridgehead atoms. The molecule has 2 amide bonds. The van der Waals surface area contributed by atoms with Gasteiger partial charge in [-0.05, 0) is 18.2 Å². The molecule has 0 aliphatic rings. The quantitative estimate of drug-likeness (QED) is 0.712. The van der Waals surface area contributed by atoms with E-state index < -0.39 is 11.8 Å². The predicted octanol–water partition coefficient (Wildman–Crippen LogP) is 2.80. The van der Waals surface area contributed by atoms with E-state index >= 15 is 0 Å². The molecule has 6 nitrogen and oxygen atoms in total. The highest BCUT2D eigenvalue weighted by Crippen LogP contribution is 2.22. The Hall–Kier alpha value is -2.64. The number of primary amides is 1. The Bertz CT molecular complexity index is 929. The molecule has 0 atom stereocenters. The lowest BCUT2D eigenvalue weighted by molar-refractivity contribution is -0.111. The second kappa shape index (κ2) is 6.23. The molecule has 0 spiro atoms. The van der Waals surface area contributed by atoms with Gasteiger partial charge in [0.15, 0.2) is 10.1 Å². The maximum Gasteiger partial charge on any atom is 0.250 e. The highest BCUT2D eigenvalue weighted by Gasteiger charge is 2.10. The summed E-state index contributed by atoms with van der Waals surface area (Å²) >= 11 is 7.50. The molecule has 1 aromatic carbocycles. The number of rotatable bonds is 4. The van der Waals surface area contributed by atoms with Crippen LogP contribution in [-0.4, -0.2) is 21.2 Å². The van der Waals surface area contributed by atoms with Crippen LogP contribution in [0.5, 0.6) is 0 Å². The van der Waals surface area contributed by atoms with Gasteiger partial charge >= 0.3 is 0 Å². The number of aromatic nitrogens is 2. The summed E-state index contributed by atoms with van der Waals surface area (Å²) in [5.41, 5.74) is 6.49. The average Bonchev–Trinajstić information content (AvgIpc) is 3.06. The molecule has 0 radical (unpaired) electrons. The van der Waals surface area contributed by atoms with Gasteiger partial charge in [-0.2, -0.15) is 0 Å². The number of nitrogens with one attached hydrogen (secondary N) is 1. The average molecular weight is 347 g/mol. The van der Waals surface area contributed by atoms with Crippen molar-refractivity contribution in [2.75, 3.05) is 5.32 Å². The lowest BCUT2D eigenvalue weighted by atomic mass is 10.1. The number of halogens is 1. The van der Waals surface area contributed by atoms with Gasteiger partial charge in [0.1, 0.15) is 0 Å². The van der Waals surface area contributed by atoms with E-state index in [2.05, 4.69) is 10.3 Å². The molecule has 0 aliphatic heterocycles. The number of hydrogen-bond donors (Lipinski definition) is 2. The van der Waals surface area contributed by atoms with Gasteiger partial charge in [-0.1, -0.05) is 23.7 Å². The van der Waals surface area contributed by atoms with Gasteiger partial charge in [-0.25, -0.2) is 4.98 Å². The fraction of sp³-hybridized carbons (Fsp3) is 0. The van der Waals surface area contributed by atoms with Crippen molar-refractivity contribution in [1.29, 1.82) is 0 Å². The molecule has 0 saturated heterocycles. The van der Waals surface area contributed by atoms with Crippen molar-refractivity contribution in [3.63, 3.8) is 0 Å². The van der Waals surface area contributed by atoms with Gasteiger partial charge in [0.2, 0.25) is 5.91 Å². The molecular weight excluding hydrogens is 336 g/mol. The Morgan fingerprint density at radius 1 is 1.35 bits per heavy atom.